The Kier molecular flexibility index (Phi) is 4.08. The Hall–Kier alpha value is -1.32. The van der Waals surface area contributed by atoms with Crippen LogP contribution in [0, 0.1) is 0 Å². The van der Waals surface area contributed by atoms with Crippen LogP contribution in [0.2, 0.25) is 0 Å². The second kappa shape index (κ2) is 5.98. The van der Waals surface area contributed by atoms with E-state index in [2.05, 4.69) is 91.8 Å². The van der Waals surface area contributed by atoms with Crippen molar-refractivity contribution in [2.24, 2.45) is 0 Å². The lowest BCUT2D eigenvalue weighted by Gasteiger charge is -2.09. The van der Waals surface area contributed by atoms with Gasteiger partial charge in [-0.3, -0.25) is 0 Å². The summed E-state index contributed by atoms with van der Waals surface area (Å²) in [5.74, 6) is 0. The first-order chi connectivity index (χ1) is 9.72. The largest absolute Gasteiger partial charge is 0.381 e. The number of hydrogen-bond acceptors (Lipinski definition) is 1. The van der Waals surface area contributed by atoms with E-state index in [4.69, 9.17) is 0 Å². The van der Waals surface area contributed by atoms with E-state index in [9.17, 15) is 0 Å². The Morgan fingerprint density at radius 2 is 1.55 bits per heavy atom. The molecule has 20 heavy (non-hydrogen) atoms. The molecular weight excluding hydrogens is 378 g/mol. The molecule has 3 rings (SSSR count). The van der Waals surface area contributed by atoms with Crippen molar-refractivity contribution < 1.29 is 0 Å². The number of hydrogen-bond donors (Lipinski definition) is 1. The van der Waals surface area contributed by atoms with E-state index in [1.165, 1.54) is 16.3 Å². The van der Waals surface area contributed by atoms with Gasteiger partial charge in [-0.2, -0.15) is 0 Å². The van der Waals surface area contributed by atoms with Gasteiger partial charge in [0.05, 0.1) is 0 Å². The summed E-state index contributed by atoms with van der Waals surface area (Å²) in [6, 6.07) is 21.0. The highest BCUT2D eigenvalue weighted by atomic mass is 79.9. The Bertz CT molecular complexity index is 753. The second-order valence-electron chi connectivity index (χ2n) is 4.65. The van der Waals surface area contributed by atoms with Crippen LogP contribution in [0.5, 0.6) is 0 Å². The van der Waals surface area contributed by atoms with Crippen LogP contribution in [-0.4, -0.2) is 0 Å². The Morgan fingerprint density at radius 3 is 2.40 bits per heavy atom. The van der Waals surface area contributed by atoms with Crippen molar-refractivity contribution in [3.63, 3.8) is 0 Å². The lowest BCUT2D eigenvalue weighted by molar-refractivity contribution is 1.14. The van der Waals surface area contributed by atoms with E-state index in [-0.39, 0.29) is 0 Å². The summed E-state index contributed by atoms with van der Waals surface area (Å²) >= 11 is 7.07. The van der Waals surface area contributed by atoms with E-state index in [0.717, 1.165) is 21.2 Å². The zero-order valence-corrected chi connectivity index (χ0v) is 13.9. The van der Waals surface area contributed by atoms with Gasteiger partial charge in [0.1, 0.15) is 0 Å². The molecule has 0 bridgehead atoms. The van der Waals surface area contributed by atoms with Crippen LogP contribution < -0.4 is 5.32 Å². The normalized spacial score (nSPS) is 10.7. The molecule has 1 N–H and O–H groups in total. The molecule has 0 aromatic heterocycles. The van der Waals surface area contributed by atoms with E-state index in [1.807, 2.05) is 6.07 Å². The molecule has 0 heterocycles. The molecule has 0 unspecified atom stereocenters. The maximum atomic E-state index is 3.57. The second-order valence-corrected chi connectivity index (χ2v) is 6.42. The van der Waals surface area contributed by atoms with Crippen molar-refractivity contribution in [1.82, 2.24) is 0 Å². The smallest absolute Gasteiger partial charge is 0.0411 e. The molecule has 0 saturated heterocycles. The highest BCUT2D eigenvalue weighted by Gasteiger charge is 2.00. The van der Waals surface area contributed by atoms with Gasteiger partial charge in [-0.05, 0) is 46.7 Å². The standard InChI is InChI=1S/C17H13Br2N/c18-15-7-5-13-10-16(8-6-12(13)9-15)20-11-14-3-1-2-4-17(14)19/h1-10,20H,11H2. The maximum absolute atomic E-state index is 3.57. The minimum atomic E-state index is 0.809. The van der Waals surface area contributed by atoms with Crippen molar-refractivity contribution in [2.45, 2.75) is 6.54 Å². The third kappa shape index (κ3) is 3.05. The van der Waals surface area contributed by atoms with Gasteiger partial charge in [0.15, 0.2) is 0 Å². The zero-order valence-electron chi connectivity index (χ0n) is 10.7. The lowest BCUT2D eigenvalue weighted by atomic mass is 10.1. The number of rotatable bonds is 3. The molecular formula is C17H13Br2N. The number of anilines is 1. The maximum Gasteiger partial charge on any atom is 0.0411 e. The molecule has 0 saturated carbocycles. The molecule has 100 valence electrons. The average molecular weight is 391 g/mol. The van der Waals surface area contributed by atoms with E-state index >= 15 is 0 Å². The number of benzene rings is 3. The van der Waals surface area contributed by atoms with Gasteiger partial charge in [-0.1, -0.05) is 62.2 Å². The average Bonchev–Trinajstić information content (AvgIpc) is 2.46. The molecule has 0 spiro atoms. The molecule has 0 aliphatic rings. The number of halogens is 2. The summed E-state index contributed by atoms with van der Waals surface area (Å²) in [5.41, 5.74) is 2.39. The minimum absolute atomic E-state index is 0.809. The lowest BCUT2D eigenvalue weighted by Crippen LogP contribution is -1.99. The molecule has 0 aliphatic carbocycles. The number of nitrogens with one attached hydrogen (secondary N) is 1. The first kappa shape index (κ1) is 13.7. The fourth-order valence-electron chi connectivity index (χ4n) is 2.17. The van der Waals surface area contributed by atoms with Gasteiger partial charge in [-0.15, -0.1) is 0 Å². The minimum Gasteiger partial charge on any atom is -0.381 e. The van der Waals surface area contributed by atoms with E-state index < -0.39 is 0 Å². The van der Waals surface area contributed by atoms with Crippen molar-refractivity contribution >= 4 is 48.3 Å². The van der Waals surface area contributed by atoms with Crippen LogP contribution >= 0.6 is 31.9 Å². The van der Waals surface area contributed by atoms with Crippen LogP contribution in [0.25, 0.3) is 10.8 Å². The SMILES string of the molecule is Brc1ccc2cc(NCc3ccccc3Br)ccc2c1. The molecule has 3 aromatic rings. The first-order valence-corrected chi connectivity index (χ1v) is 7.97. The number of fused-ring (bicyclic) bond motifs is 1. The molecule has 0 atom stereocenters. The molecule has 0 radical (unpaired) electrons. The van der Waals surface area contributed by atoms with Crippen LogP contribution in [0.15, 0.2) is 69.6 Å². The van der Waals surface area contributed by atoms with Crippen molar-refractivity contribution in [3.8, 4) is 0 Å². The van der Waals surface area contributed by atoms with Gasteiger partial charge >= 0.3 is 0 Å². The van der Waals surface area contributed by atoms with Crippen LogP contribution in [-0.2, 0) is 6.54 Å². The van der Waals surface area contributed by atoms with Crippen LogP contribution in [0.1, 0.15) is 5.56 Å². The molecule has 0 amide bonds. The van der Waals surface area contributed by atoms with Crippen molar-refractivity contribution in [3.05, 3.63) is 75.2 Å². The summed E-state index contributed by atoms with van der Waals surface area (Å²) in [4.78, 5) is 0. The predicted octanol–water partition coefficient (Wildman–Crippen LogP) is 5.98. The monoisotopic (exact) mass is 389 g/mol. The van der Waals surface area contributed by atoms with Gasteiger partial charge in [0.25, 0.3) is 0 Å². The summed E-state index contributed by atoms with van der Waals surface area (Å²) in [6.45, 7) is 0.809. The quantitative estimate of drug-likeness (QED) is 0.580. The van der Waals surface area contributed by atoms with Crippen molar-refractivity contribution in [2.75, 3.05) is 5.32 Å². The summed E-state index contributed by atoms with van der Waals surface area (Å²) in [6.07, 6.45) is 0. The highest BCUT2D eigenvalue weighted by Crippen LogP contribution is 2.24. The molecule has 3 heteroatoms. The highest BCUT2D eigenvalue weighted by molar-refractivity contribution is 9.10. The first-order valence-electron chi connectivity index (χ1n) is 6.39. The fraction of sp³-hybridized carbons (Fsp3) is 0.0588. The van der Waals surface area contributed by atoms with Crippen LogP contribution in [0.3, 0.4) is 0 Å². The Labute approximate surface area is 135 Å². The summed E-state index contributed by atoms with van der Waals surface area (Å²) in [7, 11) is 0. The Morgan fingerprint density at radius 1 is 0.800 bits per heavy atom. The molecule has 3 aromatic carbocycles. The molecule has 0 fully saturated rings. The van der Waals surface area contributed by atoms with Crippen molar-refractivity contribution in [1.29, 1.82) is 0 Å². The molecule has 1 nitrogen and oxygen atoms in total. The van der Waals surface area contributed by atoms with Crippen LogP contribution in [0.4, 0.5) is 5.69 Å². The zero-order chi connectivity index (χ0) is 13.9. The van der Waals surface area contributed by atoms with Gasteiger partial charge in [0, 0.05) is 21.2 Å². The third-order valence-corrected chi connectivity index (χ3v) is 4.51. The third-order valence-electron chi connectivity index (χ3n) is 3.24. The van der Waals surface area contributed by atoms with Gasteiger partial charge in [0.2, 0.25) is 0 Å². The van der Waals surface area contributed by atoms with E-state index in [1.54, 1.807) is 0 Å². The topological polar surface area (TPSA) is 12.0 Å². The van der Waals surface area contributed by atoms with Gasteiger partial charge in [-0.25, -0.2) is 0 Å². The Balaban J connectivity index is 1.81. The fourth-order valence-corrected chi connectivity index (χ4v) is 2.97. The van der Waals surface area contributed by atoms with Gasteiger partial charge < -0.3 is 5.32 Å². The summed E-state index contributed by atoms with van der Waals surface area (Å²) in [5, 5.41) is 5.95. The predicted molar refractivity (Wildman–Crippen MR) is 93.1 cm³/mol. The van der Waals surface area contributed by atoms with E-state index in [0.29, 0.717) is 0 Å². The summed E-state index contributed by atoms with van der Waals surface area (Å²) < 4.78 is 2.25. The molecule has 0 aliphatic heterocycles.